The first kappa shape index (κ1) is 14.5. The summed E-state index contributed by atoms with van der Waals surface area (Å²) in [6, 6.07) is 18.1. The highest BCUT2D eigenvalue weighted by Crippen LogP contribution is 2.36. The van der Waals surface area contributed by atoms with E-state index >= 15 is 0 Å². The van der Waals surface area contributed by atoms with Crippen molar-refractivity contribution in [2.45, 2.75) is 6.92 Å². The first-order valence-electron chi connectivity index (χ1n) is 7.83. The molecule has 1 N–H and O–H groups in total. The van der Waals surface area contributed by atoms with Crippen LogP contribution in [0.3, 0.4) is 0 Å². The number of methoxy groups -OCH3 is 1. The van der Waals surface area contributed by atoms with Crippen LogP contribution in [0.1, 0.15) is 5.56 Å². The number of hydrogen-bond donors (Lipinski definition) is 1. The molecule has 4 rings (SSSR count). The predicted molar refractivity (Wildman–Crippen MR) is 97.6 cm³/mol. The third-order valence-corrected chi connectivity index (χ3v) is 4.48. The largest absolute Gasteiger partial charge is 0.507 e. The molecule has 0 saturated heterocycles. The standard InChI is InChI=1S/C21H17NO2/c1-13-18(16-8-7-14-5-3-4-6-15(14)9-16)12-22-19-10-17(24-2)11-20(23)21(13)19/h3-12,23H,1-2H3. The van der Waals surface area contributed by atoms with Crippen molar-refractivity contribution in [3.05, 3.63) is 66.4 Å². The highest BCUT2D eigenvalue weighted by atomic mass is 16.5. The molecule has 0 aliphatic rings. The minimum Gasteiger partial charge on any atom is -0.507 e. The average molecular weight is 315 g/mol. The summed E-state index contributed by atoms with van der Waals surface area (Å²) in [6.45, 7) is 2.01. The highest BCUT2D eigenvalue weighted by molar-refractivity contribution is 5.95. The summed E-state index contributed by atoms with van der Waals surface area (Å²) in [5.41, 5.74) is 3.86. The monoisotopic (exact) mass is 315 g/mol. The van der Waals surface area contributed by atoms with Crippen molar-refractivity contribution in [1.82, 2.24) is 4.98 Å². The lowest BCUT2D eigenvalue weighted by Gasteiger charge is -2.12. The first-order chi connectivity index (χ1) is 11.7. The Morgan fingerprint density at radius 1 is 0.958 bits per heavy atom. The van der Waals surface area contributed by atoms with Crippen molar-refractivity contribution < 1.29 is 9.84 Å². The SMILES string of the molecule is COc1cc(O)c2c(C)c(-c3ccc4ccccc4c3)cnc2c1. The first-order valence-corrected chi connectivity index (χ1v) is 7.83. The van der Waals surface area contributed by atoms with Gasteiger partial charge < -0.3 is 9.84 Å². The van der Waals surface area contributed by atoms with Crippen LogP contribution in [-0.2, 0) is 0 Å². The molecule has 4 aromatic rings. The lowest BCUT2D eigenvalue weighted by atomic mass is 9.96. The van der Waals surface area contributed by atoms with Gasteiger partial charge in [-0.05, 0) is 34.9 Å². The summed E-state index contributed by atoms with van der Waals surface area (Å²) < 4.78 is 5.21. The molecule has 0 spiro atoms. The Hall–Kier alpha value is -3.07. The number of phenolic OH excluding ortho intramolecular Hbond substituents is 1. The van der Waals surface area contributed by atoms with Gasteiger partial charge in [0.15, 0.2) is 0 Å². The summed E-state index contributed by atoms with van der Waals surface area (Å²) in [7, 11) is 1.58. The number of nitrogens with zero attached hydrogens (tertiary/aromatic N) is 1. The maximum absolute atomic E-state index is 10.4. The number of aryl methyl sites for hydroxylation is 1. The topological polar surface area (TPSA) is 42.4 Å². The molecule has 1 heterocycles. The Kier molecular flexibility index (Phi) is 3.35. The molecule has 118 valence electrons. The lowest BCUT2D eigenvalue weighted by Crippen LogP contribution is -1.91. The van der Waals surface area contributed by atoms with E-state index in [0.717, 1.165) is 27.6 Å². The number of aromatic nitrogens is 1. The quantitative estimate of drug-likeness (QED) is 0.561. The van der Waals surface area contributed by atoms with Crippen molar-refractivity contribution in [3.63, 3.8) is 0 Å². The van der Waals surface area contributed by atoms with Crippen LogP contribution in [0.2, 0.25) is 0 Å². The third kappa shape index (κ3) is 2.26. The van der Waals surface area contributed by atoms with Crippen LogP contribution in [0, 0.1) is 6.92 Å². The van der Waals surface area contributed by atoms with Gasteiger partial charge in [0.1, 0.15) is 11.5 Å². The van der Waals surface area contributed by atoms with E-state index in [1.807, 2.05) is 31.3 Å². The maximum atomic E-state index is 10.4. The van der Waals surface area contributed by atoms with Gasteiger partial charge in [0, 0.05) is 29.3 Å². The molecule has 0 aliphatic heterocycles. The van der Waals surface area contributed by atoms with Gasteiger partial charge >= 0.3 is 0 Å². The molecule has 0 radical (unpaired) electrons. The van der Waals surface area contributed by atoms with Gasteiger partial charge in [-0.25, -0.2) is 0 Å². The number of hydrogen-bond acceptors (Lipinski definition) is 3. The minimum absolute atomic E-state index is 0.192. The van der Waals surface area contributed by atoms with Crippen LogP contribution in [0.5, 0.6) is 11.5 Å². The molecule has 0 bridgehead atoms. The van der Waals surface area contributed by atoms with Gasteiger partial charge in [0.25, 0.3) is 0 Å². The molecule has 1 aromatic heterocycles. The van der Waals surface area contributed by atoms with Crippen LogP contribution < -0.4 is 4.74 Å². The third-order valence-electron chi connectivity index (χ3n) is 4.48. The van der Waals surface area contributed by atoms with E-state index in [1.54, 1.807) is 13.2 Å². The van der Waals surface area contributed by atoms with E-state index in [4.69, 9.17) is 4.74 Å². The molecule has 0 amide bonds. The summed E-state index contributed by atoms with van der Waals surface area (Å²) >= 11 is 0. The van der Waals surface area contributed by atoms with E-state index in [9.17, 15) is 5.11 Å². The normalized spacial score (nSPS) is 11.1. The number of ether oxygens (including phenoxy) is 1. The van der Waals surface area contributed by atoms with Gasteiger partial charge in [-0.1, -0.05) is 36.4 Å². The smallest absolute Gasteiger partial charge is 0.128 e. The second-order valence-corrected chi connectivity index (χ2v) is 5.90. The fourth-order valence-electron chi connectivity index (χ4n) is 3.20. The Labute approximate surface area is 140 Å². The zero-order valence-corrected chi connectivity index (χ0v) is 13.6. The second-order valence-electron chi connectivity index (χ2n) is 5.90. The predicted octanol–water partition coefficient (Wildman–Crippen LogP) is 5.08. The minimum atomic E-state index is 0.192. The molecule has 3 nitrogen and oxygen atoms in total. The molecule has 0 aliphatic carbocycles. The number of rotatable bonds is 2. The van der Waals surface area contributed by atoms with Gasteiger partial charge in [-0.3, -0.25) is 4.98 Å². The Bertz CT molecular complexity index is 1070. The molecular weight excluding hydrogens is 298 g/mol. The van der Waals surface area contributed by atoms with Crippen LogP contribution in [0.4, 0.5) is 0 Å². The fraction of sp³-hybridized carbons (Fsp3) is 0.0952. The number of aromatic hydroxyl groups is 1. The Morgan fingerprint density at radius 2 is 1.75 bits per heavy atom. The van der Waals surface area contributed by atoms with Gasteiger partial charge in [-0.15, -0.1) is 0 Å². The second kappa shape index (κ2) is 5.53. The average Bonchev–Trinajstić information content (AvgIpc) is 2.61. The summed E-state index contributed by atoms with van der Waals surface area (Å²) in [4.78, 5) is 4.53. The molecule has 3 heteroatoms. The van der Waals surface area contributed by atoms with Gasteiger partial charge in [0.2, 0.25) is 0 Å². The molecule has 0 saturated carbocycles. The number of benzene rings is 3. The van der Waals surface area contributed by atoms with Gasteiger partial charge in [-0.2, -0.15) is 0 Å². The van der Waals surface area contributed by atoms with E-state index in [-0.39, 0.29) is 5.75 Å². The van der Waals surface area contributed by atoms with Crippen molar-refractivity contribution in [3.8, 4) is 22.6 Å². The molecular formula is C21H17NO2. The number of pyridine rings is 1. The van der Waals surface area contributed by atoms with Crippen LogP contribution in [0.25, 0.3) is 32.8 Å². The van der Waals surface area contributed by atoms with Crippen LogP contribution in [0.15, 0.2) is 60.8 Å². The highest BCUT2D eigenvalue weighted by Gasteiger charge is 2.12. The van der Waals surface area contributed by atoms with E-state index in [2.05, 4.69) is 35.3 Å². The molecule has 24 heavy (non-hydrogen) atoms. The van der Waals surface area contributed by atoms with E-state index in [0.29, 0.717) is 5.75 Å². The zero-order valence-electron chi connectivity index (χ0n) is 13.6. The molecule has 0 unspecified atom stereocenters. The van der Waals surface area contributed by atoms with Gasteiger partial charge in [0.05, 0.1) is 12.6 Å². The van der Waals surface area contributed by atoms with E-state index < -0.39 is 0 Å². The zero-order chi connectivity index (χ0) is 16.7. The number of phenols is 1. The molecule has 0 fully saturated rings. The maximum Gasteiger partial charge on any atom is 0.128 e. The van der Waals surface area contributed by atoms with Crippen LogP contribution >= 0.6 is 0 Å². The molecule has 3 aromatic carbocycles. The van der Waals surface area contributed by atoms with Crippen molar-refractivity contribution >= 4 is 21.7 Å². The van der Waals surface area contributed by atoms with Crippen molar-refractivity contribution in [1.29, 1.82) is 0 Å². The summed E-state index contributed by atoms with van der Waals surface area (Å²) in [5.74, 6) is 0.794. The molecule has 0 atom stereocenters. The Balaban J connectivity index is 1.95. The summed E-state index contributed by atoms with van der Waals surface area (Å²) in [6.07, 6.45) is 1.86. The van der Waals surface area contributed by atoms with Crippen molar-refractivity contribution in [2.24, 2.45) is 0 Å². The van der Waals surface area contributed by atoms with Crippen molar-refractivity contribution in [2.75, 3.05) is 7.11 Å². The Morgan fingerprint density at radius 3 is 2.54 bits per heavy atom. The van der Waals surface area contributed by atoms with Crippen LogP contribution in [-0.4, -0.2) is 17.2 Å². The lowest BCUT2D eigenvalue weighted by molar-refractivity contribution is 0.409. The summed E-state index contributed by atoms with van der Waals surface area (Å²) in [5, 5.41) is 13.5. The number of fused-ring (bicyclic) bond motifs is 2. The fourth-order valence-corrected chi connectivity index (χ4v) is 3.20. The van der Waals surface area contributed by atoms with E-state index in [1.165, 1.54) is 10.8 Å².